The number of nitrogens with zero attached hydrogens (tertiary/aromatic N) is 1. The van der Waals surface area contributed by atoms with Gasteiger partial charge in [-0.15, -0.1) is 0 Å². The van der Waals surface area contributed by atoms with Crippen molar-refractivity contribution >= 4 is 17.5 Å². The summed E-state index contributed by atoms with van der Waals surface area (Å²) in [7, 11) is 0. The fourth-order valence-corrected chi connectivity index (χ4v) is 3.30. The lowest BCUT2D eigenvalue weighted by Gasteiger charge is -2.20. The number of fused-ring (bicyclic) bond motifs is 1. The number of anilines is 1. The van der Waals surface area contributed by atoms with Gasteiger partial charge in [0, 0.05) is 12.5 Å². The van der Waals surface area contributed by atoms with Gasteiger partial charge in [-0.1, -0.05) is 42.0 Å². The first-order valence-electron chi connectivity index (χ1n) is 8.12. The Bertz CT molecular complexity index is 809. The molecule has 2 aromatic carbocycles. The molecule has 0 aliphatic carbocycles. The van der Waals surface area contributed by atoms with Crippen molar-refractivity contribution in [3.8, 4) is 0 Å². The number of carbonyl (C=O) groups excluding carboxylic acids is 2. The molecule has 0 saturated heterocycles. The van der Waals surface area contributed by atoms with Crippen LogP contribution in [0.4, 0.5) is 5.69 Å². The molecule has 1 heterocycles. The van der Waals surface area contributed by atoms with Crippen molar-refractivity contribution in [2.75, 3.05) is 4.90 Å². The van der Waals surface area contributed by atoms with Gasteiger partial charge >= 0.3 is 0 Å². The van der Waals surface area contributed by atoms with Crippen molar-refractivity contribution in [3.63, 3.8) is 0 Å². The minimum atomic E-state index is -0.595. The minimum absolute atomic E-state index is 0.0711. The predicted molar refractivity (Wildman–Crippen MR) is 94.8 cm³/mol. The number of amides is 2. The Kier molecular flexibility index (Phi) is 4.14. The maximum Gasteiger partial charge on any atom is 0.254 e. The van der Waals surface area contributed by atoms with Gasteiger partial charge in [0.25, 0.3) is 5.91 Å². The van der Waals surface area contributed by atoms with Gasteiger partial charge in [0.15, 0.2) is 0 Å². The summed E-state index contributed by atoms with van der Waals surface area (Å²) in [6.07, 6.45) is 0. The Labute approximate surface area is 142 Å². The third-order valence-electron chi connectivity index (χ3n) is 4.52. The quantitative estimate of drug-likeness (QED) is 0.942. The van der Waals surface area contributed by atoms with E-state index < -0.39 is 6.04 Å². The van der Waals surface area contributed by atoms with Crippen molar-refractivity contribution in [2.45, 2.75) is 40.3 Å². The number of hydrogen-bond acceptors (Lipinski definition) is 2. The van der Waals surface area contributed by atoms with Gasteiger partial charge in [-0.3, -0.25) is 9.59 Å². The molecule has 1 atom stereocenters. The van der Waals surface area contributed by atoms with E-state index in [1.54, 1.807) is 4.90 Å². The number of aryl methyl sites for hydroxylation is 3. The Morgan fingerprint density at radius 1 is 1.04 bits per heavy atom. The van der Waals surface area contributed by atoms with E-state index in [1.807, 2.05) is 57.2 Å². The van der Waals surface area contributed by atoms with Crippen LogP contribution < -0.4 is 10.2 Å². The fraction of sp³-hybridized carbons (Fsp3) is 0.300. The van der Waals surface area contributed by atoms with Crippen molar-refractivity contribution in [3.05, 3.63) is 64.2 Å². The maximum absolute atomic E-state index is 13.0. The summed E-state index contributed by atoms with van der Waals surface area (Å²) in [6.45, 7) is 7.98. The third kappa shape index (κ3) is 2.80. The molecule has 4 heteroatoms. The largest absolute Gasteiger partial charge is 0.341 e. The number of carbonyl (C=O) groups is 2. The lowest BCUT2D eigenvalue weighted by molar-refractivity contribution is -0.126. The van der Waals surface area contributed by atoms with E-state index in [4.69, 9.17) is 0 Å². The summed E-state index contributed by atoms with van der Waals surface area (Å²) >= 11 is 0. The molecular weight excluding hydrogens is 300 g/mol. The van der Waals surface area contributed by atoms with Gasteiger partial charge in [0.05, 0.1) is 12.2 Å². The van der Waals surface area contributed by atoms with Gasteiger partial charge < -0.3 is 10.2 Å². The summed E-state index contributed by atoms with van der Waals surface area (Å²) in [6, 6.07) is 11.6. The lowest BCUT2D eigenvalue weighted by Crippen LogP contribution is -2.36. The first-order valence-corrected chi connectivity index (χ1v) is 8.12. The van der Waals surface area contributed by atoms with Crippen LogP contribution in [0.25, 0.3) is 0 Å². The molecule has 0 spiro atoms. The Balaban J connectivity index is 2.05. The van der Waals surface area contributed by atoms with Gasteiger partial charge in [-0.25, -0.2) is 0 Å². The van der Waals surface area contributed by atoms with Crippen LogP contribution in [-0.2, 0) is 16.1 Å². The van der Waals surface area contributed by atoms with Crippen LogP contribution in [0, 0.1) is 20.8 Å². The third-order valence-corrected chi connectivity index (χ3v) is 4.52. The molecule has 0 aromatic heterocycles. The first-order chi connectivity index (χ1) is 11.4. The Morgan fingerprint density at radius 3 is 2.29 bits per heavy atom. The Hall–Kier alpha value is -2.62. The van der Waals surface area contributed by atoms with Gasteiger partial charge in [-0.05, 0) is 37.5 Å². The number of nitrogens with one attached hydrogen (secondary N) is 1. The molecule has 1 N–H and O–H groups in total. The van der Waals surface area contributed by atoms with Crippen LogP contribution in [0.15, 0.2) is 36.4 Å². The van der Waals surface area contributed by atoms with Gasteiger partial charge in [0.1, 0.15) is 6.04 Å². The van der Waals surface area contributed by atoms with Gasteiger partial charge in [-0.2, -0.15) is 0 Å². The highest BCUT2D eigenvalue weighted by Gasteiger charge is 2.39. The molecule has 2 amide bonds. The van der Waals surface area contributed by atoms with Crippen molar-refractivity contribution in [1.82, 2.24) is 5.32 Å². The normalized spacial score (nSPS) is 16.2. The van der Waals surface area contributed by atoms with E-state index in [9.17, 15) is 9.59 Å². The van der Waals surface area contributed by atoms with Crippen molar-refractivity contribution in [1.29, 1.82) is 0 Å². The van der Waals surface area contributed by atoms with E-state index >= 15 is 0 Å². The van der Waals surface area contributed by atoms with Crippen LogP contribution in [0.1, 0.15) is 40.8 Å². The molecule has 2 aromatic rings. The summed E-state index contributed by atoms with van der Waals surface area (Å²) in [5.41, 5.74) is 6.18. The van der Waals surface area contributed by atoms with Crippen molar-refractivity contribution in [2.24, 2.45) is 0 Å². The lowest BCUT2D eigenvalue weighted by atomic mass is 9.99. The maximum atomic E-state index is 13.0. The fourth-order valence-electron chi connectivity index (χ4n) is 3.30. The molecule has 0 fully saturated rings. The van der Waals surface area contributed by atoms with E-state index in [1.165, 1.54) is 12.5 Å². The molecule has 24 heavy (non-hydrogen) atoms. The van der Waals surface area contributed by atoms with E-state index in [0.29, 0.717) is 6.54 Å². The van der Waals surface area contributed by atoms with E-state index in [0.717, 1.165) is 27.9 Å². The van der Waals surface area contributed by atoms with Crippen molar-refractivity contribution < 1.29 is 9.59 Å². The predicted octanol–water partition coefficient (Wildman–Crippen LogP) is 3.34. The van der Waals surface area contributed by atoms with Gasteiger partial charge in [0.2, 0.25) is 5.91 Å². The topological polar surface area (TPSA) is 49.4 Å². The number of hydrogen-bond donors (Lipinski definition) is 1. The molecule has 1 aliphatic heterocycles. The monoisotopic (exact) mass is 322 g/mol. The highest BCUT2D eigenvalue weighted by molar-refractivity contribution is 6.07. The summed E-state index contributed by atoms with van der Waals surface area (Å²) in [5, 5.41) is 2.81. The average molecular weight is 322 g/mol. The highest BCUT2D eigenvalue weighted by Crippen LogP contribution is 2.41. The zero-order valence-electron chi connectivity index (χ0n) is 14.5. The molecule has 0 saturated carbocycles. The first kappa shape index (κ1) is 16.2. The molecule has 1 aliphatic rings. The molecule has 3 rings (SSSR count). The highest BCUT2D eigenvalue weighted by atomic mass is 16.2. The second-order valence-corrected chi connectivity index (χ2v) is 6.51. The van der Waals surface area contributed by atoms with E-state index in [-0.39, 0.29) is 11.8 Å². The summed E-state index contributed by atoms with van der Waals surface area (Å²) in [4.78, 5) is 26.4. The van der Waals surface area contributed by atoms with Crippen LogP contribution in [0.5, 0.6) is 0 Å². The number of rotatable bonds is 3. The molecule has 124 valence electrons. The molecule has 0 bridgehead atoms. The van der Waals surface area contributed by atoms with Crippen LogP contribution in [0.3, 0.4) is 0 Å². The van der Waals surface area contributed by atoms with E-state index in [2.05, 4.69) is 5.32 Å². The summed E-state index contributed by atoms with van der Waals surface area (Å²) < 4.78 is 0. The molecule has 4 nitrogen and oxygen atoms in total. The molecule has 0 radical (unpaired) electrons. The SMILES string of the molecule is CC(=O)NC1C(=O)N(Cc2ccc(C)cc2)c2c(C)ccc(C)c21. The standard InChI is InChI=1S/C20H22N2O2/c1-12-5-9-16(10-6-12)11-22-19-14(3)8-7-13(2)17(19)18(20(22)24)21-15(4)23/h5-10,18H,11H2,1-4H3,(H,21,23). The van der Waals surface area contributed by atoms with Crippen LogP contribution >= 0.6 is 0 Å². The summed E-state index contributed by atoms with van der Waals surface area (Å²) in [5.74, 6) is -0.268. The second kappa shape index (κ2) is 6.11. The molecular formula is C20H22N2O2. The molecule has 1 unspecified atom stereocenters. The smallest absolute Gasteiger partial charge is 0.254 e. The average Bonchev–Trinajstić information content (AvgIpc) is 2.79. The zero-order valence-corrected chi connectivity index (χ0v) is 14.5. The Morgan fingerprint density at radius 2 is 1.67 bits per heavy atom. The van der Waals surface area contributed by atoms with Crippen LogP contribution in [0.2, 0.25) is 0 Å². The zero-order chi connectivity index (χ0) is 17.4. The second-order valence-electron chi connectivity index (χ2n) is 6.51. The number of benzene rings is 2. The minimum Gasteiger partial charge on any atom is -0.341 e. The van der Waals surface area contributed by atoms with Crippen LogP contribution in [-0.4, -0.2) is 11.8 Å².